The molecule has 3 atom stereocenters. The highest BCUT2D eigenvalue weighted by atomic mass is 79.9. The van der Waals surface area contributed by atoms with Crippen LogP contribution in [-0.4, -0.2) is 5.97 Å². The highest BCUT2D eigenvalue weighted by Crippen LogP contribution is 2.31. The maximum Gasteiger partial charge on any atom is 0.311 e. The molecule has 0 saturated heterocycles. The standard InChI is InChI=1S/C23H23Br2NO3/c1-15(2)22(16(3)12-21(24)25)23(27)29-20(14-26)17-8-7-11-19(13-17)28-18-9-5-4-6-10-18/h4-13,15-16,20,22H,1-3H3. The van der Waals surface area contributed by atoms with E-state index in [9.17, 15) is 10.1 Å². The molecule has 4 nitrogen and oxygen atoms in total. The number of ether oxygens (including phenoxy) is 2. The Hall–Kier alpha value is -2.10. The number of hydrogen-bond acceptors (Lipinski definition) is 4. The summed E-state index contributed by atoms with van der Waals surface area (Å²) in [5.74, 6) is 0.482. The quantitative estimate of drug-likeness (QED) is 0.347. The van der Waals surface area contributed by atoms with E-state index in [1.165, 1.54) is 0 Å². The third-order valence-electron chi connectivity index (χ3n) is 4.44. The summed E-state index contributed by atoms with van der Waals surface area (Å²) in [6, 6.07) is 18.5. The molecule has 2 aromatic carbocycles. The third kappa shape index (κ3) is 7.02. The van der Waals surface area contributed by atoms with Crippen molar-refractivity contribution in [2.45, 2.75) is 26.9 Å². The van der Waals surface area contributed by atoms with Gasteiger partial charge < -0.3 is 9.47 Å². The van der Waals surface area contributed by atoms with Crippen molar-refractivity contribution < 1.29 is 14.3 Å². The first-order valence-electron chi connectivity index (χ1n) is 9.27. The van der Waals surface area contributed by atoms with Gasteiger partial charge in [0, 0.05) is 5.56 Å². The third-order valence-corrected chi connectivity index (χ3v) is 4.97. The minimum atomic E-state index is -1.01. The van der Waals surface area contributed by atoms with E-state index in [1.807, 2.05) is 57.2 Å². The van der Waals surface area contributed by atoms with Crippen molar-refractivity contribution in [3.8, 4) is 17.6 Å². The van der Waals surface area contributed by atoms with Gasteiger partial charge in [-0.15, -0.1) is 0 Å². The van der Waals surface area contributed by atoms with Gasteiger partial charge in [-0.2, -0.15) is 5.26 Å². The number of rotatable bonds is 8. The van der Waals surface area contributed by atoms with Crippen LogP contribution < -0.4 is 4.74 Å². The van der Waals surface area contributed by atoms with Crippen molar-refractivity contribution in [2.24, 2.45) is 17.8 Å². The van der Waals surface area contributed by atoms with Gasteiger partial charge in [-0.25, -0.2) is 0 Å². The molecule has 2 rings (SSSR count). The predicted molar refractivity (Wildman–Crippen MR) is 121 cm³/mol. The van der Waals surface area contributed by atoms with Crippen LogP contribution in [0, 0.1) is 29.1 Å². The summed E-state index contributed by atoms with van der Waals surface area (Å²) < 4.78 is 12.2. The van der Waals surface area contributed by atoms with Crippen LogP contribution >= 0.6 is 31.9 Å². The van der Waals surface area contributed by atoms with Gasteiger partial charge in [0.05, 0.1) is 9.31 Å². The monoisotopic (exact) mass is 519 g/mol. The molecular formula is C23H23Br2NO3. The molecule has 0 aliphatic carbocycles. The predicted octanol–water partition coefficient (Wildman–Crippen LogP) is 7.13. The second-order valence-electron chi connectivity index (χ2n) is 7.02. The Balaban J connectivity index is 2.18. The first-order valence-corrected chi connectivity index (χ1v) is 10.9. The molecule has 3 unspecified atom stereocenters. The summed E-state index contributed by atoms with van der Waals surface area (Å²) in [7, 11) is 0. The van der Waals surface area contributed by atoms with Crippen molar-refractivity contribution in [1.29, 1.82) is 5.26 Å². The zero-order valence-corrected chi connectivity index (χ0v) is 19.7. The summed E-state index contributed by atoms with van der Waals surface area (Å²) in [5.41, 5.74) is 0.571. The van der Waals surface area contributed by atoms with Crippen molar-refractivity contribution in [3.05, 3.63) is 69.6 Å². The molecule has 0 bridgehead atoms. The molecule has 6 heteroatoms. The maximum absolute atomic E-state index is 12.9. The topological polar surface area (TPSA) is 59.3 Å². The highest BCUT2D eigenvalue weighted by molar-refractivity contribution is 9.28. The Kier molecular flexibility index (Phi) is 8.94. The number of hydrogen-bond donors (Lipinski definition) is 0. The van der Waals surface area contributed by atoms with E-state index in [0.717, 1.165) is 3.39 Å². The van der Waals surface area contributed by atoms with Crippen molar-refractivity contribution >= 4 is 37.8 Å². The van der Waals surface area contributed by atoms with Gasteiger partial charge in [0.15, 0.2) is 0 Å². The number of esters is 1. The maximum atomic E-state index is 12.9. The second kappa shape index (κ2) is 11.2. The van der Waals surface area contributed by atoms with Gasteiger partial charge in [0.1, 0.15) is 17.6 Å². The molecule has 0 aliphatic heterocycles. The number of halogens is 2. The zero-order valence-electron chi connectivity index (χ0n) is 16.5. The van der Waals surface area contributed by atoms with Crippen LogP contribution in [0.15, 0.2) is 64.1 Å². The van der Waals surface area contributed by atoms with Crippen LogP contribution in [0.25, 0.3) is 0 Å². The Labute approximate surface area is 188 Å². The van der Waals surface area contributed by atoms with Gasteiger partial charge >= 0.3 is 5.97 Å². The molecular weight excluding hydrogens is 498 g/mol. The summed E-state index contributed by atoms with van der Waals surface area (Å²) in [6.45, 7) is 5.88. The SMILES string of the molecule is CC(C)C(C(=O)OC(C#N)c1cccc(Oc2ccccc2)c1)C(C)C=C(Br)Br. The summed E-state index contributed by atoms with van der Waals surface area (Å²) in [5, 5.41) is 9.62. The summed E-state index contributed by atoms with van der Waals surface area (Å²) >= 11 is 6.67. The van der Waals surface area contributed by atoms with Gasteiger partial charge in [-0.05, 0) is 68.0 Å². The normalized spacial score (nSPS) is 13.7. The number of nitriles is 1. The number of carbonyl (C=O) groups excluding carboxylic acids is 1. The van der Waals surface area contributed by atoms with E-state index in [0.29, 0.717) is 17.1 Å². The first-order chi connectivity index (χ1) is 13.8. The minimum absolute atomic E-state index is 0.0557. The van der Waals surface area contributed by atoms with E-state index < -0.39 is 12.1 Å². The van der Waals surface area contributed by atoms with Gasteiger partial charge in [0.25, 0.3) is 0 Å². The van der Waals surface area contributed by atoms with Crippen molar-refractivity contribution in [2.75, 3.05) is 0 Å². The largest absolute Gasteiger partial charge is 0.457 e. The molecule has 0 N–H and O–H groups in total. The van der Waals surface area contributed by atoms with Crippen LogP contribution in [-0.2, 0) is 9.53 Å². The summed E-state index contributed by atoms with van der Waals surface area (Å²) in [4.78, 5) is 12.9. The molecule has 2 aromatic rings. The van der Waals surface area contributed by atoms with E-state index >= 15 is 0 Å². The lowest BCUT2D eigenvalue weighted by atomic mass is 9.84. The minimum Gasteiger partial charge on any atom is -0.457 e. The number of nitrogens with zero attached hydrogens (tertiary/aromatic N) is 1. The van der Waals surface area contributed by atoms with Gasteiger partial charge in [-0.1, -0.05) is 57.2 Å². The molecule has 0 radical (unpaired) electrons. The fourth-order valence-corrected chi connectivity index (χ4v) is 3.96. The number of allylic oxidation sites excluding steroid dienone is 1. The molecule has 0 aromatic heterocycles. The molecule has 29 heavy (non-hydrogen) atoms. The van der Waals surface area contributed by atoms with Crippen LogP contribution in [0.3, 0.4) is 0 Å². The van der Waals surface area contributed by atoms with Crippen LogP contribution in [0.2, 0.25) is 0 Å². The Morgan fingerprint density at radius 3 is 2.28 bits per heavy atom. The summed E-state index contributed by atoms with van der Waals surface area (Å²) in [6.07, 6.45) is 0.897. The molecule has 152 valence electrons. The Morgan fingerprint density at radius 2 is 1.69 bits per heavy atom. The average molecular weight is 521 g/mol. The highest BCUT2D eigenvalue weighted by Gasteiger charge is 2.31. The van der Waals surface area contributed by atoms with E-state index in [4.69, 9.17) is 9.47 Å². The van der Waals surface area contributed by atoms with Crippen molar-refractivity contribution in [1.82, 2.24) is 0 Å². The number of benzene rings is 2. The molecule has 0 saturated carbocycles. The first kappa shape index (κ1) is 23.2. The Morgan fingerprint density at radius 1 is 1.03 bits per heavy atom. The number of carbonyl (C=O) groups is 1. The lowest BCUT2D eigenvalue weighted by Crippen LogP contribution is -2.29. The molecule has 0 heterocycles. The van der Waals surface area contributed by atoms with Crippen LogP contribution in [0.5, 0.6) is 11.5 Å². The zero-order chi connectivity index (χ0) is 21.4. The van der Waals surface area contributed by atoms with Crippen LogP contribution in [0.4, 0.5) is 0 Å². The molecule has 0 fully saturated rings. The molecule has 0 spiro atoms. The lowest BCUT2D eigenvalue weighted by Gasteiger charge is -2.25. The fourth-order valence-electron chi connectivity index (χ4n) is 3.13. The van der Waals surface area contributed by atoms with Gasteiger partial charge in [0.2, 0.25) is 6.10 Å². The van der Waals surface area contributed by atoms with E-state index in [1.54, 1.807) is 24.3 Å². The lowest BCUT2D eigenvalue weighted by molar-refractivity contribution is -0.154. The average Bonchev–Trinajstić information content (AvgIpc) is 2.66. The Bertz CT molecular complexity index is 886. The van der Waals surface area contributed by atoms with E-state index in [-0.39, 0.29) is 17.8 Å². The van der Waals surface area contributed by atoms with Crippen LogP contribution in [0.1, 0.15) is 32.4 Å². The van der Waals surface area contributed by atoms with Gasteiger partial charge in [-0.3, -0.25) is 4.79 Å². The fraction of sp³-hybridized carbons (Fsp3) is 0.304. The van der Waals surface area contributed by atoms with Crippen molar-refractivity contribution in [3.63, 3.8) is 0 Å². The smallest absolute Gasteiger partial charge is 0.311 e. The molecule has 0 amide bonds. The second-order valence-corrected chi connectivity index (χ2v) is 9.79. The van der Waals surface area contributed by atoms with E-state index in [2.05, 4.69) is 37.9 Å². The number of para-hydroxylation sites is 1. The molecule has 0 aliphatic rings.